The van der Waals surface area contributed by atoms with Crippen molar-refractivity contribution in [2.45, 2.75) is 52.7 Å². The zero-order valence-corrected chi connectivity index (χ0v) is 13.5. The molecule has 0 aliphatic heterocycles. The smallest absolute Gasteiger partial charge is 0.410 e. The number of nitrogens with zero attached hydrogens (tertiary/aromatic N) is 1. The number of thiophene rings is 1. The lowest BCUT2D eigenvalue weighted by Gasteiger charge is -2.27. The average molecular weight is 297 g/mol. The number of carbonyl (C=O) groups is 2. The van der Waals surface area contributed by atoms with Crippen molar-refractivity contribution in [1.82, 2.24) is 4.90 Å². The number of carbonyl (C=O) groups excluding carboxylic acids is 2. The van der Waals surface area contributed by atoms with Crippen LogP contribution >= 0.6 is 11.3 Å². The normalized spacial score (nSPS) is 11.2. The van der Waals surface area contributed by atoms with Crippen LogP contribution < -0.4 is 0 Å². The number of hydrogen-bond acceptors (Lipinski definition) is 4. The van der Waals surface area contributed by atoms with E-state index in [1.54, 1.807) is 11.0 Å². The molecule has 0 unspecified atom stereocenters. The fraction of sp³-hybridized carbons (Fsp3) is 0.600. The van der Waals surface area contributed by atoms with Crippen LogP contribution in [0.1, 0.15) is 55.1 Å². The Morgan fingerprint density at radius 2 is 2.10 bits per heavy atom. The van der Waals surface area contributed by atoms with Crippen molar-refractivity contribution in [1.29, 1.82) is 0 Å². The Labute approximate surface area is 124 Å². The van der Waals surface area contributed by atoms with E-state index in [-0.39, 0.29) is 6.09 Å². The Kier molecular flexibility index (Phi) is 6.20. The van der Waals surface area contributed by atoms with Gasteiger partial charge >= 0.3 is 6.09 Å². The van der Waals surface area contributed by atoms with E-state index >= 15 is 0 Å². The highest BCUT2D eigenvalue weighted by Crippen LogP contribution is 2.19. The van der Waals surface area contributed by atoms with Gasteiger partial charge in [-0.3, -0.25) is 4.79 Å². The number of rotatable bonds is 6. The van der Waals surface area contributed by atoms with E-state index in [1.165, 1.54) is 11.3 Å². The first kappa shape index (κ1) is 16.7. The molecule has 0 aromatic carbocycles. The molecular weight excluding hydrogens is 274 g/mol. The number of hydrogen-bond donors (Lipinski definition) is 0. The molecule has 1 rings (SSSR count). The SMILES string of the molecule is CCCCN(Cc1ccc(C=O)s1)C(=O)OC(C)(C)C. The third-order valence-corrected chi connectivity index (χ3v) is 3.57. The van der Waals surface area contributed by atoms with Crippen LogP contribution in [0.4, 0.5) is 4.79 Å². The number of amides is 1. The first-order valence-electron chi connectivity index (χ1n) is 6.87. The lowest BCUT2D eigenvalue weighted by molar-refractivity contribution is 0.0233. The van der Waals surface area contributed by atoms with Crippen LogP contribution in [0.5, 0.6) is 0 Å². The molecule has 0 fully saturated rings. The van der Waals surface area contributed by atoms with Crippen molar-refractivity contribution in [2.75, 3.05) is 6.54 Å². The molecule has 5 heteroatoms. The maximum Gasteiger partial charge on any atom is 0.410 e. The second-order valence-electron chi connectivity index (χ2n) is 5.68. The Morgan fingerprint density at radius 1 is 1.40 bits per heavy atom. The van der Waals surface area contributed by atoms with Crippen molar-refractivity contribution in [3.05, 3.63) is 21.9 Å². The van der Waals surface area contributed by atoms with Gasteiger partial charge < -0.3 is 9.64 Å². The minimum Gasteiger partial charge on any atom is -0.444 e. The highest BCUT2D eigenvalue weighted by molar-refractivity contribution is 7.13. The molecule has 0 aliphatic carbocycles. The van der Waals surface area contributed by atoms with Crippen molar-refractivity contribution < 1.29 is 14.3 Å². The molecule has 1 amide bonds. The Bertz CT molecular complexity index is 448. The summed E-state index contributed by atoms with van der Waals surface area (Å²) in [5.74, 6) is 0. The summed E-state index contributed by atoms with van der Waals surface area (Å²) >= 11 is 1.41. The van der Waals surface area contributed by atoms with Gasteiger partial charge in [-0.05, 0) is 39.3 Å². The fourth-order valence-electron chi connectivity index (χ4n) is 1.64. The molecule has 0 radical (unpaired) electrons. The van der Waals surface area contributed by atoms with Gasteiger partial charge in [0.2, 0.25) is 0 Å². The maximum absolute atomic E-state index is 12.2. The Hall–Kier alpha value is -1.36. The minimum absolute atomic E-state index is 0.299. The van der Waals surface area contributed by atoms with Gasteiger partial charge in [0, 0.05) is 11.4 Å². The van der Waals surface area contributed by atoms with Crippen molar-refractivity contribution >= 4 is 23.7 Å². The second kappa shape index (κ2) is 7.43. The zero-order chi connectivity index (χ0) is 15.2. The van der Waals surface area contributed by atoms with E-state index in [0.29, 0.717) is 18.0 Å². The van der Waals surface area contributed by atoms with E-state index in [1.807, 2.05) is 26.8 Å². The van der Waals surface area contributed by atoms with Gasteiger partial charge in [0.1, 0.15) is 5.60 Å². The minimum atomic E-state index is -0.495. The topological polar surface area (TPSA) is 46.6 Å². The summed E-state index contributed by atoms with van der Waals surface area (Å²) in [7, 11) is 0. The molecule has 0 bridgehead atoms. The highest BCUT2D eigenvalue weighted by atomic mass is 32.1. The molecule has 0 N–H and O–H groups in total. The van der Waals surface area contributed by atoms with Crippen LogP contribution in [0.3, 0.4) is 0 Å². The van der Waals surface area contributed by atoms with E-state index in [2.05, 4.69) is 6.92 Å². The van der Waals surface area contributed by atoms with Gasteiger partial charge in [-0.25, -0.2) is 4.79 Å². The molecule has 0 atom stereocenters. The average Bonchev–Trinajstić information content (AvgIpc) is 2.79. The number of unbranched alkanes of at least 4 members (excludes halogenated alkanes) is 1. The number of ether oxygens (including phenoxy) is 1. The van der Waals surface area contributed by atoms with Crippen molar-refractivity contribution in [3.63, 3.8) is 0 Å². The first-order valence-corrected chi connectivity index (χ1v) is 7.69. The standard InChI is InChI=1S/C15H23NO3S/c1-5-6-9-16(14(18)19-15(2,3)4)10-12-7-8-13(11-17)20-12/h7-8,11H,5-6,9-10H2,1-4H3. The van der Waals surface area contributed by atoms with Crippen LogP contribution in [0.25, 0.3) is 0 Å². The van der Waals surface area contributed by atoms with Gasteiger partial charge in [0.05, 0.1) is 11.4 Å². The lowest BCUT2D eigenvalue weighted by atomic mass is 10.2. The van der Waals surface area contributed by atoms with Crippen molar-refractivity contribution in [3.8, 4) is 0 Å². The molecule has 0 saturated carbocycles. The monoisotopic (exact) mass is 297 g/mol. The molecule has 1 aromatic rings. The number of aldehydes is 1. The summed E-state index contributed by atoms with van der Waals surface area (Å²) < 4.78 is 5.42. The predicted octanol–water partition coefficient (Wildman–Crippen LogP) is 4.10. The largest absolute Gasteiger partial charge is 0.444 e. The van der Waals surface area contributed by atoms with Crippen molar-refractivity contribution in [2.24, 2.45) is 0 Å². The van der Waals surface area contributed by atoms with Crippen LogP contribution in [0.2, 0.25) is 0 Å². The zero-order valence-electron chi connectivity index (χ0n) is 12.6. The van der Waals surface area contributed by atoms with Gasteiger partial charge in [0.15, 0.2) is 6.29 Å². The van der Waals surface area contributed by atoms with Gasteiger partial charge in [0.25, 0.3) is 0 Å². The Morgan fingerprint density at radius 3 is 2.60 bits per heavy atom. The molecular formula is C15H23NO3S. The molecule has 112 valence electrons. The van der Waals surface area contributed by atoms with Gasteiger partial charge in [-0.15, -0.1) is 11.3 Å². The predicted molar refractivity (Wildman–Crippen MR) is 81.3 cm³/mol. The summed E-state index contributed by atoms with van der Waals surface area (Å²) in [5, 5.41) is 0. The van der Waals surface area contributed by atoms with E-state index in [9.17, 15) is 9.59 Å². The summed E-state index contributed by atoms with van der Waals surface area (Å²) in [6, 6.07) is 3.66. The fourth-order valence-corrected chi connectivity index (χ4v) is 2.48. The molecule has 0 aliphatic rings. The second-order valence-corrected chi connectivity index (χ2v) is 6.88. The maximum atomic E-state index is 12.2. The van der Waals surface area contributed by atoms with Gasteiger partial charge in [-0.1, -0.05) is 13.3 Å². The Balaban J connectivity index is 2.72. The first-order chi connectivity index (χ1) is 9.35. The molecule has 0 spiro atoms. The molecule has 1 aromatic heterocycles. The van der Waals surface area contributed by atoms with Gasteiger partial charge in [-0.2, -0.15) is 0 Å². The molecule has 20 heavy (non-hydrogen) atoms. The van der Waals surface area contributed by atoms with Crippen LogP contribution in [-0.4, -0.2) is 29.4 Å². The summed E-state index contributed by atoms with van der Waals surface area (Å²) in [6.07, 6.45) is 2.49. The van der Waals surface area contributed by atoms with E-state index < -0.39 is 5.60 Å². The van der Waals surface area contributed by atoms with Crippen LogP contribution in [-0.2, 0) is 11.3 Å². The van der Waals surface area contributed by atoms with Crippen LogP contribution in [0.15, 0.2) is 12.1 Å². The highest BCUT2D eigenvalue weighted by Gasteiger charge is 2.22. The van der Waals surface area contributed by atoms with E-state index in [4.69, 9.17) is 4.74 Å². The third-order valence-electron chi connectivity index (χ3n) is 2.58. The third kappa shape index (κ3) is 5.74. The molecule has 4 nitrogen and oxygen atoms in total. The molecule has 1 heterocycles. The van der Waals surface area contributed by atoms with E-state index in [0.717, 1.165) is 24.0 Å². The summed E-state index contributed by atoms with van der Waals surface area (Å²) in [5.41, 5.74) is -0.495. The van der Waals surface area contributed by atoms with Crippen LogP contribution in [0, 0.1) is 0 Å². The quantitative estimate of drug-likeness (QED) is 0.743. The summed E-state index contributed by atoms with van der Waals surface area (Å²) in [6.45, 7) is 8.83. The lowest BCUT2D eigenvalue weighted by Crippen LogP contribution is -2.36. The summed E-state index contributed by atoms with van der Waals surface area (Å²) in [4.78, 5) is 26.3. The molecule has 0 saturated heterocycles.